The summed E-state index contributed by atoms with van der Waals surface area (Å²) in [4.78, 5) is 2.56. The summed E-state index contributed by atoms with van der Waals surface area (Å²) in [6.07, 6.45) is 0. The van der Waals surface area contributed by atoms with Crippen molar-refractivity contribution in [1.29, 1.82) is 0 Å². The van der Waals surface area contributed by atoms with E-state index >= 15 is 0 Å². The lowest BCUT2D eigenvalue weighted by molar-refractivity contribution is 0.793. The van der Waals surface area contributed by atoms with Crippen LogP contribution in [-0.4, -0.2) is 4.57 Å². The number of hydrogen-bond acceptors (Lipinski definition) is 1. The number of hydrogen-bond donors (Lipinski definition) is 0. The van der Waals surface area contributed by atoms with Crippen LogP contribution >= 0.6 is 0 Å². The van der Waals surface area contributed by atoms with Crippen LogP contribution in [0.15, 0.2) is 303 Å². The Labute approximate surface area is 476 Å². The fraction of sp³-hybridized carbons (Fsp3) is 0.0250. The summed E-state index contributed by atoms with van der Waals surface area (Å²) < 4.78 is 2.43. The van der Waals surface area contributed by atoms with Crippen LogP contribution in [0.1, 0.15) is 44.5 Å². The first-order valence-electron chi connectivity index (χ1n) is 28.7. The average Bonchev–Trinajstić information content (AvgIpc) is 4.12. The molecule has 0 fully saturated rings. The van der Waals surface area contributed by atoms with Gasteiger partial charge in [0.25, 0.3) is 0 Å². The smallest absolute Gasteiger partial charge is 0.0726 e. The molecule has 4 aliphatic carbocycles. The summed E-state index contributed by atoms with van der Waals surface area (Å²) >= 11 is 0. The topological polar surface area (TPSA) is 8.17 Å². The monoisotopic (exact) mass is 1040 g/mol. The van der Waals surface area contributed by atoms with Gasteiger partial charge in [-0.05, 0) is 166 Å². The maximum absolute atomic E-state index is 2.56. The molecular weight excluding hydrogens is 989 g/mol. The van der Waals surface area contributed by atoms with E-state index in [1.165, 1.54) is 133 Å². The zero-order valence-electron chi connectivity index (χ0n) is 44.8. The van der Waals surface area contributed by atoms with Gasteiger partial charge in [0.15, 0.2) is 0 Å². The average molecular weight is 1040 g/mol. The Kier molecular flexibility index (Phi) is 9.39. The molecule has 4 aliphatic rings. The maximum Gasteiger partial charge on any atom is 0.0726 e. The molecular formula is C80H50N2. The summed E-state index contributed by atoms with van der Waals surface area (Å²) in [7, 11) is 0. The van der Waals surface area contributed by atoms with E-state index in [2.05, 4.69) is 313 Å². The molecule has 0 saturated carbocycles. The van der Waals surface area contributed by atoms with E-state index in [1.54, 1.807) is 0 Å². The van der Waals surface area contributed by atoms with Crippen LogP contribution in [-0.2, 0) is 10.8 Å². The molecule has 0 unspecified atom stereocenters. The predicted octanol–water partition coefficient (Wildman–Crippen LogP) is 20.3. The molecule has 2 heteroatoms. The molecule has 0 aliphatic heterocycles. The van der Waals surface area contributed by atoms with E-state index in [1.807, 2.05) is 0 Å². The third kappa shape index (κ3) is 5.87. The second-order valence-corrected chi connectivity index (χ2v) is 22.6. The highest BCUT2D eigenvalue weighted by atomic mass is 15.1. The van der Waals surface area contributed by atoms with Gasteiger partial charge in [-0.25, -0.2) is 0 Å². The number of aromatic nitrogens is 1. The summed E-state index contributed by atoms with van der Waals surface area (Å²) in [5, 5.41) is 2.51. The quantitative estimate of drug-likeness (QED) is 0.161. The highest BCUT2D eigenvalue weighted by Crippen LogP contribution is 2.67. The zero-order valence-corrected chi connectivity index (χ0v) is 44.8. The van der Waals surface area contributed by atoms with Gasteiger partial charge in [-0.1, -0.05) is 243 Å². The second-order valence-electron chi connectivity index (χ2n) is 22.6. The second kappa shape index (κ2) is 17.0. The summed E-state index contributed by atoms with van der Waals surface area (Å²) in [5.74, 6) is 0. The van der Waals surface area contributed by atoms with E-state index in [9.17, 15) is 0 Å². The lowest BCUT2D eigenvalue weighted by Gasteiger charge is -2.33. The van der Waals surface area contributed by atoms with E-state index < -0.39 is 10.8 Å². The summed E-state index contributed by atoms with van der Waals surface area (Å²) in [6.45, 7) is 0. The minimum atomic E-state index is -0.620. The Morgan fingerprint density at radius 3 is 1.33 bits per heavy atom. The van der Waals surface area contributed by atoms with Crippen LogP contribution in [0.25, 0.3) is 94.3 Å². The first-order valence-corrected chi connectivity index (χ1v) is 28.7. The molecule has 380 valence electrons. The van der Waals surface area contributed by atoms with Gasteiger partial charge in [0.2, 0.25) is 0 Å². The lowest BCUT2D eigenvalue weighted by Crippen LogP contribution is -2.26. The molecule has 13 aromatic carbocycles. The molecule has 2 nitrogen and oxygen atoms in total. The largest absolute Gasteiger partial charge is 0.310 e. The third-order valence-electron chi connectivity index (χ3n) is 18.8. The van der Waals surface area contributed by atoms with Gasteiger partial charge in [0, 0.05) is 33.4 Å². The van der Waals surface area contributed by atoms with Crippen molar-refractivity contribution in [3.63, 3.8) is 0 Å². The van der Waals surface area contributed by atoms with Crippen molar-refractivity contribution in [2.75, 3.05) is 4.90 Å². The zero-order chi connectivity index (χ0) is 53.7. The van der Waals surface area contributed by atoms with Crippen molar-refractivity contribution < 1.29 is 0 Å². The van der Waals surface area contributed by atoms with Crippen LogP contribution in [0.2, 0.25) is 0 Å². The molecule has 0 radical (unpaired) electrons. The number of fused-ring (bicyclic) bond motifs is 23. The van der Waals surface area contributed by atoms with Crippen LogP contribution in [0.3, 0.4) is 0 Å². The van der Waals surface area contributed by atoms with E-state index in [-0.39, 0.29) is 0 Å². The Bertz CT molecular complexity index is 4890. The first kappa shape index (κ1) is 45.3. The molecule has 0 bridgehead atoms. The molecule has 0 N–H and O–H groups in total. The molecule has 82 heavy (non-hydrogen) atoms. The van der Waals surface area contributed by atoms with Crippen LogP contribution < -0.4 is 4.90 Å². The van der Waals surface area contributed by atoms with Gasteiger partial charge >= 0.3 is 0 Å². The molecule has 14 aromatic rings. The van der Waals surface area contributed by atoms with Gasteiger partial charge in [-0.3, -0.25) is 0 Å². The summed E-state index contributed by atoms with van der Waals surface area (Å²) in [6, 6.07) is 114. The van der Waals surface area contributed by atoms with Crippen molar-refractivity contribution in [2.24, 2.45) is 0 Å². The first-order chi connectivity index (χ1) is 40.7. The minimum absolute atomic E-state index is 0.489. The van der Waals surface area contributed by atoms with E-state index in [4.69, 9.17) is 0 Å². The van der Waals surface area contributed by atoms with Crippen LogP contribution in [0, 0.1) is 0 Å². The normalized spacial score (nSPS) is 13.8. The standard InChI is InChI=1S/C80H50N2/c1-3-21-51(22-4-1)52-41-44-55(45-42-52)81(76-40-20-37-71-78(76)64-29-11-17-36-70(64)79(71)66-32-13-7-25-58(66)59-26-8-14-33-67(59)79)56-46-48-63-62-47-43-53(49-72(62)80(73(63)50-56)68-34-15-9-27-60(68)61-28-10-16-35-69(61)80)57-31-19-39-75-77(57)65-30-12-18-38-74(65)82(75)54-23-5-2-6-24-54/h1-50H. The number of nitrogens with zero attached hydrogens (tertiary/aromatic N) is 2. The number of benzene rings is 13. The van der Waals surface area contributed by atoms with Gasteiger partial charge in [0.05, 0.1) is 27.6 Å². The van der Waals surface area contributed by atoms with Gasteiger partial charge < -0.3 is 9.47 Å². The van der Waals surface area contributed by atoms with Crippen molar-refractivity contribution >= 4 is 38.9 Å². The van der Waals surface area contributed by atoms with Crippen molar-refractivity contribution in [1.82, 2.24) is 4.57 Å². The van der Waals surface area contributed by atoms with Gasteiger partial charge in [-0.2, -0.15) is 0 Å². The predicted molar refractivity (Wildman–Crippen MR) is 339 cm³/mol. The lowest BCUT2D eigenvalue weighted by atomic mass is 9.70. The van der Waals surface area contributed by atoms with Gasteiger partial charge in [0.1, 0.15) is 0 Å². The molecule has 1 heterocycles. The highest BCUT2D eigenvalue weighted by Gasteiger charge is 2.54. The van der Waals surface area contributed by atoms with E-state index in [0.717, 1.165) is 22.7 Å². The van der Waals surface area contributed by atoms with Crippen LogP contribution in [0.5, 0.6) is 0 Å². The fourth-order valence-electron chi connectivity index (χ4n) is 15.7. The van der Waals surface area contributed by atoms with E-state index in [0.29, 0.717) is 0 Å². The van der Waals surface area contributed by atoms with Gasteiger partial charge in [-0.15, -0.1) is 0 Å². The van der Waals surface area contributed by atoms with Crippen LogP contribution in [0.4, 0.5) is 17.1 Å². The Morgan fingerprint density at radius 2 is 0.683 bits per heavy atom. The Balaban J connectivity index is 0.893. The molecule has 1 aromatic heterocycles. The molecule has 18 rings (SSSR count). The molecule has 0 amide bonds. The summed E-state index contributed by atoms with van der Waals surface area (Å²) in [5.41, 5.74) is 31.4. The van der Waals surface area contributed by atoms with Crippen molar-refractivity contribution in [2.45, 2.75) is 10.8 Å². The van der Waals surface area contributed by atoms with Crippen molar-refractivity contribution in [3.8, 4) is 72.4 Å². The Morgan fingerprint density at radius 1 is 0.256 bits per heavy atom. The number of para-hydroxylation sites is 2. The molecule has 0 saturated heterocycles. The molecule has 2 spiro atoms. The number of anilines is 3. The maximum atomic E-state index is 2.56. The van der Waals surface area contributed by atoms with Crippen molar-refractivity contribution in [3.05, 3.63) is 348 Å². The molecule has 0 atom stereocenters. The highest BCUT2D eigenvalue weighted by molar-refractivity contribution is 6.16. The minimum Gasteiger partial charge on any atom is -0.310 e. The number of rotatable bonds is 6. The Hall–Kier alpha value is -10.5. The fourth-order valence-corrected chi connectivity index (χ4v) is 15.7. The third-order valence-corrected chi connectivity index (χ3v) is 18.8. The SMILES string of the molecule is c1ccc(-c2ccc(N(c3ccc4c(c3)C3(c5ccccc5-c5ccccc53)c3cc(-c5cccc6c5c5ccccc5n6-c5ccccc5)ccc3-4)c3cccc4c3-c3ccccc3C43c4ccccc4-c4ccccc43)cc2)cc1.